The highest BCUT2D eigenvalue weighted by Gasteiger charge is 2.24. The van der Waals surface area contributed by atoms with Gasteiger partial charge in [-0.15, -0.1) is 0 Å². The summed E-state index contributed by atoms with van der Waals surface area (Å²) in [6.45, 7) is 0. The number of hydrogen-bond donors (Lipinski definition) is 2. The molecule has 0 bridgehead atoms. The van der Waals surface area contributed by atoms with Crippen LogP contribution in [0.1, 0.15) is 11.7 Å². The Balaban J connectivity index is 1.91. The van der Waals surface area contributed by atoms with E-state index in [4.69, 9.17) is 4.74 Å². The minimum atomic E-state index is -0.943. The Labute approximate surface area is 159 Å². The summed E-state index contributed by atoms with van der Waals surface area (Å²) >= 11 is 3.45. The zero-order chi connectivity index (χ0) is 18.5. The van der Waals surface area contributed by atoms with Crippen LogP contribution >= 0.6 is 15.9 Å². The molecule has 3 amide bonds. The average Bonchev–Trinajstić information content (AvgIpc) is 2.66. The number of carbonyl (C=O) groups excluding carboxylic acids is 2. The lowest BCUT2D eigenvalue weighted by molar-refractivity contribution is -0.127. The molecule has 0 fully saturated rings. The first-order valence-corrected chi connectivity index (χ1v) is 8.79. The van der Waals surface area contributed by atoms with Crippen LogP contribution in [0, 0.1) is 0 Å². The molecule has 132 valence electrons. The number of rotatable bonds is 4. The van der Waals surface area contributed by atoms with Crippen LogP contribution < -0.4 is 15.4 Å². The Morgan fingerprint density at radius 2 is 1.65 bits per heavy atom. The fourth-order valence-electron chi connectivity index (χ4n) is 2.54. The lowest BCUT2D eigenvalue weighted by atomic mass is 10.1. The maximum Gasteiger partial charge on any atom is 0.321 e. The molecule has 26 heavy (non-hydrogen) atoms. The van der Waals surface area contributed by atoms with E-state index in [-0.39, 0.29) is 0 Å². The lowest BCUT2D eigenvalue weighted by Gasteiger charge is -2.19. The summed E-state index contributed by atoms with van der Waals surface area (Å²) in [6.07, 6.45) is -0.943. The number of carbonyl (C=O) groups is 2. The van der Waals surface area contributed by atoms with Gasteiger partial charge in [0, 0.05) is 17.1 Å². The van der Waals surface area contributed by atoms with E-state index in [1.165, 1.54) is 7.05 Å². The second-order valence-electron chi connectivity index (χ2n) is 5.63. The van der Waals surface area contributed by atoms with Crippen molar-refractivity contribution in [1.82, 2.24) is 10.6 Å². The normalized spacial score (nSPS) is 11.6. The molecule has 0 saturated carbocycles. The van der Waals surface area contributed by atoms with E-state index in [1.807, 2.05) is 48.5 Å². The second-order valence-corrected chi connectivity index (χ2v) is 6.55. The van der Waals surface area contributed by atoms with Crippen molar-refractivity contribution in [3.8, 4) is 5.75 Å². The van der Waals surface area contributed by atoms with E-state index in [1.54, 1.807) is 18.2 Å². The fraction of sp³-hybridized carbons (Fsp3) is 0.100. The van der Waals surface area contributed by atoms with Crippen molar-refractivity contribution in [2.45, 2.75) is 6.10 Å². The van der Waals surface area contributed by atoms with Gasteiger partial charge in [-0.1, -0.05) is 58.4 Å². The van der Waals surface area contributed by atoms with Crippen molar-refractivity contribution in [1.29, 1.82) is 0 Å². The van der Waals surface area contributed by atoms with Crippen molar-refractivity contribution >= 4 is 38.6 Å². The van der Waals surface area contributed by atoms with Gasteiger partial charge in [-0.2, -0.15) is 0 Å². The molecule has 0 heterocycles. The van der Waals surface area contributed by atoms with Gasteiger partial charge in [0.2, 0.25) is 6.10 Å². The number of benzene rings is 3. The number of imide groups is 1. The molecule has 3 rings (SSSR count). The van der Waals surface area contributed by atoms with Gasteiger partial charge in [0.05, 0.1) is 0 Å². The maximum absolute atomic E-state index is 12.5. The summed E-state index contributed by atoms with van der Waals surface area (Å²) in [5.74, 6) is 0.00665. The van der Waals surface area contributed by atoms with Gasteiger partial charge in [0.1, 0.15) is 5.75 Å². The largest absolute Gasteiger partial charge is 0.476 e. The molecule has 0 spiro atoms. The molecule has 0 saturated heterocycles. The predicted molar refractivity (Wildman–Crippen MR) is 104 cm³/mol. The van der Waals surface area contributed by atoms with E-state index in [0.717, 1.165) is 15.2 Å². The standard InChI is InChI=1S/C20H17BrN2O3/c1-22-20(25)23-19(24)18(13-5-3-2-4-6-13)26-17-10-8-14-11-16(21)9-7-15(14)12-17/h2-12,18H,1H3,(H2,22,23,24,25)/t18-/m0/s1. The van der Waals surface area contributed by atoms with Crippen LogP contribution in [0.5, 0.6) is 5.75 Å². The van der Waals surface area contributed by atoms with E-state index < -0.39 is 18.0 Å². The molecule has 0 aliphatic carbocycles. The Bertz CT molecular complexity index is 944. The number of hydrogen-bond acceptors (Lipinski definition) is 3. The van der Waals surface area contributed by atoms with Crippen LogP contribution in [0.4, 0.5) is 4.79 Å². The van der Waals surface area contributed by atoms with E-state index in [2.05, 4.69) is 26.6 Å². The molecule has 0 radical (unpaired) electrons. The molecule has 2 N–H and O–H groups in total. The number of ether oxygens (including phenoxy) is 1. The monoisotopic (exact) mass is 412 g/mol. The highest BCUT2D eigenvalue weighted by atomic mass is 79.9. The number of urea groups is 1. The highest BCUT2D eigenvalue weighted by molar-refractivity contribution is 9.10. The zero-order valence-electron chi connectivity index (χ0n) is 14.0. The van der Waals surface area contributed by atoms with Gasteiger partial charge in [0.25, 0.3) is 5.91 Å². The van der Waals surface area contributed by atoms with Crippen LogP contribution in [0.25, 0.3) is 10.8 Å². The molecule has 0 aliphatic heterocycles. The molecule has 0 aromatic heterocycles. The topological polar surface area (TPSA) is 67.4 Å². The third kappa shape index (κ3) is 4.21. The molecule has 3 aromatic rings. The van der Waals surface area contributed by atoms with Crippen molar-refractivity contribution in [3.05, 3.63) is 76.8 Å². The molecule has 0 aliphatic rings. The molecule has 3 aromatic carbocycles. The third-order valence-corrected chi connectivity index (χ3v) is 4.33. The summed E-state index contributed by atoms with van der Waals surface area (Å²) in [7, 11) is 1.45. The van der Waals surface area contributed by atoms with Crippen molar-refractivity contribution in [3.63, 3.8) is 0 Å². The Hall–Kier alpha value is -2.86. The first-order chi connectivity index (χ1) is 12.6. The van der Waals surface area contributed by atoms with E-state index >= 15 is 0 Å². The summed E-state index contributed by atoms with van der Waals surface area (Å²) in [6, 6.07) is 20.0. The average molecular weight is 413 g/mol. The predicted octanol–water partition coefficient (Wildman–Crippen LogP) is 4.18. The summed E-state index contributed by atoms with van der Waals surface area (Å²) in [5.41, 5.74) is 0.657. The van der Waals surface area contributed by atoms with Gasteiger partial charge >= 0.3 is 6.03 Å². The Morgan fingerprint density at radius 1 is 0.962 bits per heavy atom. The van der Waals surface area contributed by atoms with Crippen LogP contribution in [-0.2, 0) is 4.79 Å². The zero-order valence-corrected chi connectivity index (χ0v) is 15.6. The van der Waals surface area contributed by atoms with Gasteiger partial charge in [-0.3, -0.25) is 10.1 Å². The minimum Gasteiger partial charge on any atom is -0.476 e. The Morgan fingerprint density at radius 3 is 2.38 bits per heavy atom. The number of amides is 3. The van der Waals surface area contributed by atoms with E-state index in [9.17, 15) is 9.59 Å². The molecule has 6 heteroatoms. The molecule has 0 unspecified atom stereocenters. The van der Waals surface area contributed by atoms with Gasteiger partial charge in [0.15, 0.2) is 0 Å². The highest BCUT2D eigenvalue weighted by Crippen LogP contribution is 2.27. The summed E-state index contributed by atoms with van der Waals surface area (Å²) in [4.78, 5) is 24.0. The molecular formula is C20H17BrN2O3. The quantitative estimate of drug-likeness (QED) is 0.675. The molecule has 1 atom stereocenters. The van der Waals surface area contributed by atoms with Crippen molar-refractivity contribution in [2.75, 3.05) is 7.05 Å². The van der Waals surface area contributed by atoms with E-state index in [0.29, 0.717) is 11.3 Å². The fourth-order valence-corrected chi connectivity index (χ4v) is 2.92. The lowest BCUT2D eigenvalue weighted by Crippen LogP contribution is -2.41. The van der Waals surface area contributed by atoms with Gasteiger partial charge < -0.3 is 10.1 Å². The first-order valence-electron chi connectivity index (χ1n) is 8.00. The minimum absolute atomic E-state index is 0.536. The smallest absolute Gasteiger partial charge is 0.321 e. The molecular weight excluding hydrogens is 396 g/mol. The maximum atomic E-state index is 12.5. The molecule has 5 nitrogen and oxygen atoms in total. The summed E-state index contributed by atoms with van der Waals surface area (Å²) < 4.78 is 6.93. The van der Waals surface area contributed by atoms with Crippen LogP contribution in [0.3, 0.4) is 0 Å². The van der Waals surface area contributed by atoms with Crippen LogP contribution in [-0.4, -0.2) is 19.0 Å². The number of fused-ring (bicyclic) bond motifs is 1. The Kier molecular flexibility index (Phi) is 5.53. The van der Waals surface area contributed by atoms with Gasteiger partial charge in [-0.05, 0) is 35.0 Å². The number of halogens is 1. The van der Waals surface area contributed by atoms with Gasteiger partial charge in [-0.25, -0.2) is 4.79 Å². The number of nitrogens with one attached hydrogen (secondary N) is 2. The van der Waals surface area contributed by atoms with Crippen molar-refractivity contribution < 1.29 is 14.3 Å². The van der Waals surface area contributed by atoms with Crippen LogP contribution in [0.2, 0.25) is 0 Å². The first kappa shape index (κ1) is 17.9. The SMILES string of the molecule is CNC(=O)NC(=O)[C@@H](Oc1ccc2cc(Br)ccc2c1)c1ccccc1. The van der Waals surface area contributed by atoms with Crippen molar-refractivity contribution in [2.24, 2.45) is 0 Å². The van der Waals surface area contributed by atoms with Crippen LogP contribution in [0.15, 0.2) is 71.2 Å². The summed E-state index contributed by atoms with van der Waals surface area (Å²) in [5, 5.41) is 6.68. The second kappa shape index (κ2) is 8.01. The third-order valence-electron chi connectivity index (χ3n) is 3.83.